The van der Waals surface area contributed by atoms with Gasteiger partial charge in [0.25, 0.3) is 5.56 Å². The summed E-state index contributed by atoms with van der Waals surface area (Å²) < 4.78 is 10.5. The van der Waals surface area contributed by atoms with E-state index in [2.05, 4.69) is 15.3 Å². The second kappa shape index (κ2) is 6.84. The quantitative estimate of drug-likeness (QED) is 0.461. The third-order valence-corrected chi connectivity index (χ3v) is 5.18. The fourth-order valence-electron chi connectivity index (χ4n) is 3.76. The molecule has 0 aliphatic carbocycles. The van der Waals surface area contributed by atoms with Gasteiger partial charge in [-0.1, -0.05) is 17.3 Å². The molecule has 30 heavy (non-hydrogen) atoms. The average molecular weight is 400 g/mol. The lowest BCUT2D eigenvalue weighted by molar-refractivity contribution is 0.414. The number of rotatable bonds is 4. The molecule has 0 amide bonds. The van der Waals surface area contributed by atoms with E-state index in [1.165, 1.54) is 0 Å². The van der Waals surface area contributed by atoms with Gasteiger partial charge in [-0.15, -0.1) is 5.10 Å². The number of benzene rings is 2. The van der Waals surface area contributed by atoms with Crippen LogP contribution in [0.25, 0.3) is 33.6 Å². The third kappa shape index (κ3) is 2.68. The smallest absolute Gasteiger partial charge is 0.277 e. The SMILES string of the molecule is COc1ccc(-n2cc(-c3ncn4c3c(=O)n(C(C)C)c3ccccc34)nn2)cc1. The summed E-state index contributed by atoms with van der Waals surface area (Å²) in [5, 5.41) is 8.50. The lowest BCUT2D eigenvalue weighted by atomic mass is 10.2. The number of aromatic nitrogens is 6. The molecule has 0 atom stereocenters. The summed E-state index contributed by atoms with van der Waals surface area (Å²) in [6, 6.07) is 15.3. The van der Waals surface area contributed by atoms with Crippen LogP contribution in [0, 0.1) is 0 Å². The first-order valence-electron chi connectivity index (χ1n) is 9.66. The molecule has 0 aliphatic heterocycles. The molecule has 0 saturated heterocycles. The van der Waals surface area contributed by atoms with E-state index >= 15 is 0 Å². The zero-order chi connectivity index (χ0) is 20.8. The first-order chi connectivity index (χ1) is 14.6. The van der Waals surface area contributed by atoms with Crippen molar-refractivity contribution >= 4 is 16.6 Å². The van der Waals surface area contributed by atoms with E-state index < -0.39 is 0 Å². The van der Waals surface area contributed by atoms with Crippen LogP contribution in [-0.2, 0) is 0 Å². The molecule has 0 radical (unpaired) electrons. The van der Waals surface area contributed by atoms with Gasteiger partial charge in [-0.25, -0.2) is 9.67 Å². The molecule has 3 aromatic heterocycles. The van der Waals surface area contributed by atoms with Crippen LogP contribution in [-0.4, -0.2) is 36.1 Å². The van der Waals surface area contributed by atoms with Gasteiger partial charge < -0.3 is 9.30 Å². The Balaban J connectivity index is 1.71. The third-order valence-electron chi connectivity index (χ3n) is 5.18. The van der Waals surface area contributed by atoms with E-state index in [0.717, 1.165) is 22.5 Å². The lowest BCUT2D eigenvalue weighted by Gasteiger charge is -2.15. The molecule has 0 spiro atoms. The molecule has 0 unspecified atom stereocenters. The van der Waals surface area contributed by atoms with Gasteiger partial charge in [0.2, 0.25) is 0 Å². The van der Waals surface area contributed by atoms with Crippen LogP contribution in [0.1, 0.15) is 19.9 Å². The molecule has 0 N–H and O–H groups in total. The predicted molar refractivity (Wildman–Crippen MR) is 114 cm³/mol. The Hall–Kier alpha value is -3.94. The van der Waals surface area contributed by atoms with Crippen molar-refractivity contribution in [3.05, 3.63) is 71.4 Å². The number of nitrogens with zero attached hydrogens (tertiary/aromatic N) is 6. The molecule has 8 nitrogen and oxygen atoms in total. The van der Waals surface area contributed by atoms with Crippen molar-refractivity contribution < 1.29 is 4.74 Å². The fourth-order valence-corrected chi connectivity index (χ4v) is 3.76. The maximum atomic E-state index is 13.4. The molecule has 0 fully saturated rings. The highest BCUT2D eigenvalue weighted by molar-refractivity contribution is 5.84. The summed E-state index contributed by atoms with van der Waals surface area (Å²) >= 11 is 0. The Morgan fingerprint density at radius 3 is 2.43 bits per heavy atom. The van der Waals surface area contributed by atoms with Crippen LogP contribution in [0.5, 0.6) is 5.75 Å². The van der Waals surface area contributed by atoms with Crippen LogP contribution in [0.3, 0.4) is 0 Å². The van der Waals surface area contributed by atoms with Gasteiger partial charge in [-0.05, 0) is 50.2 Å². The minimum absolute atomic E-state index is 0.00475. The highest BCUT2D eigenvalue weighted by Crippen LogP contribution is 2.25. The number of ether oxygens (including phenoxy) is 1. The largest absolute Gasteiger partial charge is 0.497 e. The number of fused-ring (bicyclic) bond motifs is 3. The first-order valence-corrected chi connectivity index (χ1v) is 9.66. The van der Waals surface area contributed by atoms with Crippen LogP contribution in [0.2, 0.25) is 0 Å². The number of para-hydroxylation sites is 2. The van der Waals surface area contributed by atoms with Crippen molar-refractivity contribution in [2.24, 2.45) is 0 Å². The van der Waals surface area contributed by atoms with Gasteiger partial charge in [0.1, 0.15) is 29.0 Å². The van der Waals surface area contributed by atoms with Crippen LogP contribution >= 0.6 is 0 Å². The summed E-state index contributed by atoms with van der Waals surface area (Å²) in [5.41, 5.74) is 4.07. The molecular weight excluding hydrogens is 380 g/mol. The number of hydrogen-bond donors (Lipinski definition) is 0. The highest BCUT2D eigenvalue weighted by atomic mass is 16.5. The van der Waals surface area contributed by atoms with Crippen molar-refractivity contribution in [2.45, 2.75) is 19.9 Å². The minimum Gasteiger partial charge on any atom is -0.497 e. The monoisotopic (exact) mass is 400 g/mol. The molecule has 0 saturated carbocycles. The molecular formula is C22H20N6O2. The lowest BCUT2D eigenvalue weighted by Crippen LogP contribution is -2.24. The Bertz CT molecular complexity index is 1430. The summed E-state index contributed by atoms with van der Waals surface area (Å²) in [5.74, 6) is 0.764. The van der Waals surface area contributed by atoms with Crippen LogP contribution in [0.4, 0.5) is 0 Å². The molecule has 0 bridgehead atoms. The predicted octanol–water partition coefficient (Wildman–Crippen LogP) is 3.49. The number of methoxy groups -OCH3 is 1. The van der Waals surface area contributed by atoms with E-state index in [9.17, 15) is 4.79 Å². The van der Waals surface area contributed by atoms with E-state index in [-0.39, 0.29) is 11.6 Å². The Kier molecular flexibility index (Phi) is 4.13. The second-order valence-corrected chi connectivity index (χ2v) is 7.32. The van der Waals surface area contributed by atoms with Crippen LogP contribution < -0.4 is 10.3 Å². The maximum Gasteiger partial charge on any atom is 0.277 e. The first kappa shape index (κ1) is 18.1. The number of imidazole rings is 1. The summed E-state index contributed by atoms with van der Waals surface area (Å²) in [6.07, 6.45) is 3.45. The van der Waals surface area contributed by atoms with Crippen molar-refractivity contribution in [3.63, 3.8) is 0 Å². The van der Waals surface area contributed by atoms with E-state index in [1.807, 2.05) is 66.8 Å². The van der Waals surface area contributed by atoms with Gasteiger partial charge >= 0.3 is 0 Å². The molecule has 2 aromatic carbocycles. The van der Waals surface area contributed by atoms with Gasteiger partial charge in [0.15, 0.2) is 0 Å². The van der Waals surface area contributed by atoms with Crippen molar-refractivity contribution in [2.75, 3.05) is 7.11 Å². The van der Waals surface area contributed by atoms with Gasteiger partial charge in [-0.3, -0.25) is 9.20 Å². The molecule has 0 aliphatic rings. The molecule has 5 aromatic rings. The summed E-state index contributed by atoms with van der Waals surface area (Å²) in [4.78, 5) is 17.9. The number of hydrogen-bond acceptors (Lipinski definition) is 5. The normalized spacial score (nSPS) is 11.6. The molecule has 150 valence electrons. The molecule has 8 heteroatoms. The maximum absolute atomic E-state index is 13.4. The van der Waals surface area contributed by atoms with Gasteiger partial charge in [-0.2, -0.15) is 0 Å². The Morgan fingerprint density at radius 1 is 1.00 bits per heavy atom. The second-order valence-electron chi connectivity index (χ2n) is 7.32. The summed E-state index contributed by atoms with van der Waals surface area (Å²) in [7, 11) is 1.63. The zero-order valence-corrected chi connectivity index (χ0v) is 16.9. The topological polar surface area (TPSA) is 79.2 Å². The molecule has 5 rings (SSSR count). The zero-order valence-electron chi connectivity index (χ0n) is 16.9. The van der Waals surface area contributed by atoms with Crippen LogP contribution in [0.15, 0.2) is 65.8 Å². The van der Waals surface area contributed by atoms with E-state index in [4.69, 9.17) is 4.74 Å². The van der Waals surface area contributed by atoms with E-state index in [0.29, 0.717) is 16.9 Å². The van der Waals surface area contributed by atoms with E-state index in [1.54, 1.807) is 28.9 Å². The van der Waals surface area contributed by atoms with Gasteiger partial charge in [0, 0.05) is 6.04 Å². The Morgan fingerprint density at radius 2 is 1.73 bits per heavy atom. The summed E-state index contributed by atoms with van der Waals surface area (Å²) in [6.45, 7) is 4.00. The van der Waals surface area contributed by atoms with Crippen molar-refractivity contribution in [3.8, 4) is 22.8 Å². The highest BCUT2D eigenvalue weighted by Gasteiger charge is 2.20. The van der Waals surface area contributed by atoms with Crippen molar-refractivity contribution in [1.82, 2.24) is 28.9 Å². The minimum atomic E-state index is -0.102. The van der Waals surface area contributed by atoms with Gasteiger partial charge in [0.05, 0.1) is 30.0 Å². The fraction of sp³-hybridized carbons (Fsp3) is 0.182. The Labute approximate surface area is 172 Å². The van der Waals surface area contributed by atoms with Crippen molar-refractivity contribution in [1.29, 1.82) is 0 Å². The molecule has 3 heterocycles. The average Bonchev–Trinajstić information content (AvgIpc) is 3.41. The standard InChI is InChI=1S/C22H20N6O2/c1-14(2)28-19-7-5-4-6-18(19)26-13-23-20(21(26)22(28)29)17-12-27(25-24-17)15-8-10-16(30-3)11-9-15/h4-14H,1-3H3.